The van der Waals surface area contributed by atoms with E-state index in [9.17, 15) is 13.2 Å². The van der Waals surface area contributed by atoms with Gasteiger partial charge in [0.2, 0.25) is 5.91 Å². The van der Waals surface area contributed by atoms with E-state index < -0.39 is 27.1 Å². The van der Waals surface area contributed by atoms with Crippen LogP contribution in [-0.2, 0) is 24.1 Å². The molecule has 1 amide bonds. The van der Waals surface area contributed by atoms with Crippen molar-refractivity contribution < 1.29 is 22.7 Å². The molecule has 0 spiro atoms. The average molecular weight is 609 g/mol. The van der Waals surface area contributed by atoms with Gasteiger partial charge in [-0.25, -0.2) is 8.42 Å². The molecule has 9 heteroatoms. The van der Waals surface area contributed by atoms with Crippen molar-refractivity contribution in [2.24, 2.45) is 5.41 Å². The van der Waals surface area contributed by atoms with Crippen molar-refractivity contribution in [3.8, 4) is 0 Å². The molecule has 0 bridgehead atoms. The Balaban J connectivity index is 1.87. The highest BCUT2D eigenvalue weighted by Crippen LogP contribution is 2.53. The van der Waals surface area contributed by atoms with Crippen LogP contribution in [-0.4, -0.2) is 49.5 Å². The molecule has 0 aromatic heterocycles. The van der Waals surface area contributed by atoms with Crippen LogP contribution in [0.3, 0.4) is 0 Å². The number of ether oxygens (including phenoxy) is 2. The minimum Gasteiger partial charge on any atom is -0.348 e. The van der Waals surface area contributed by atoms with Crippen LogP contribution in [0.1, 0.15) is 77.0 Å². The van der Waals surface area contributed by atoms with Gasteiger partial charge in [-0.3, -0.25) is 4.79 Å². The van der Waals surface area contributed by atoms with Gasteiger partial charge in [0.1, 0.15) is 0 Å². The van der Waals surface area contributed by atoms with Gasteiger partial charge < -0.3 is 14.4 Å². The molecule has 2 saturated heterocycles. The summed E-state index contributed by atoms with van der Waals surface area (Å²) >= 11 is 12.7. The monoisotopic (exact) mass is 607 g/mol. The Morgan fingerprint density at radius 1 is 1.05 bits per heavy atom. The Morgan fingerprint density at radius 2 is 1.75 bits per heavy atom. The lowest BCUT2D eigenvalue weighted by molar-refractivity contribution is -0.161. The molecule has 2 aromatic carbocycles. The molecule has 0 N–H and O–H groups in total. The van der Waals surface area contributed by atoms with Crippen LogP contribution < -0.4 is 0 Å². The van der Waals surface area contributed by atoms with E-state index in [0.717, 1.165) is 11.1 Å². The number of halogens is 2. The van der Waals surface area contributed by atoms with Crippen molar-refractivity contribution in [1.29, 1.82) is 0 Å². The Kier molecular flexibility index (Phi) is 9.42. The second-order valence-corrected chi connectivity index (χ2v) is 14.6. The number of sulfone groups is 1. The number of benzene rings is 2. The topological polar surface area (TPSA) is 72.9 Å². The zero-order valence-corrected chi connectivity index (χ0v) is 26.1. The Morgan fingerprint density at radius 3 is 2.33 bits per heavy atom. The number of likely N-dealkylation sites (tertiary alicyclic amines) is 1. The van der Waals surface area contributed by atoms with E-state index in [1.165, 1.54) is 5.41 Å². The molecule has 2 fully saturated rings. The predicted molar refractivity (Wildman–Crippen MR) is 160 cm³/mol. The minimum atomic E-state index is -3.39. The maximum absolute atomic E-state index is 14.7. The van der Waals surface area contributed by atoms with Gasteiger partial charge >= 0.3 is 0 Å². The molecule has 6 nitrogen and oxygen atoms in total. The van der Waals surface area contributed by atoms with Crippen molar-refractivity contribution in [2.45, 2.75) is 83.8 Å². The van der Waals surface area contributed by atoms with Gasteiger partial charge in [-0.2, -0.15) is 0 Å². The molecular formula is C31H39Cl2NO5S. The van der Waals surface area contributed by atoms with Gasteiger partial charge in [0.15, 0.2) is 15.6 Å². The van der Waals surface area contributed by atoms with E-state index >= 15 is 0 Å². The molecule has 2 aliphatic heterocycles. The van der Waals surface area contributed by atoms with Crippen LogP contribution in [0.2, 0.25) is 10.0 Å². The van der Waals surface area contributed by atoms with Crippen LogP contribution >= 0.6 is 23.2 Å². The lowest BCUT2D eigenvalue weighted by Crippen LogP contribution is -2.56. The summed E-state index contributed by atoms with van der Waals surface area (Å²) in [4.78, 5) is 16.6. The van der Waals surface area contributed by atoms with E-state index in [0.29, 0.717) is 35.9 Å². The van der Waals surface area contributed by atoms with E-state index in [1.54, 1.807) is 13.0 Å². The first-order chi connectivity index (χ1) is 18.8. The molecule has 0 radical (unpaired) electrons. The van der Waals surface area contributed by atoms with Gasteiger partial charge in [0.05, 0.1) is 30.5 Å². The lowest BCUT2D eigenvalue weighted by Gasteiger charge is -2.52. The first-order valence-electron chi connectivity index (χ1n) is 13.8. The molecule has 5 atom stereocenters. The number of piperidine rings is 1. The number of nitrogens with zero attached hydrogens (tertiary/aromatic N) is 1. The molecule has 2 heterocycles. The van der Waals surface area contributed by atoms with Gasteiger partial charge in [0, 0.05) is 26.8 Å². The molecule has 218 valence electrons. The number of amides is 1. The highest BCUT2D eigenvalue weighted by Gasteiger charge is 2.53. The molecule has 0 aliphatic carbocycles. The smallest absolute Gasteiger partial charge is 0.229 e. The summed E-state index contributed by atoms with van der Waals surface area (Å²) in [6.07, 6.45) is 3.00. The van der Waals surface area contributed by atoms with E-state index in [4.69, 9.17) is 32.7 Å². The standard InChI is InChI=1S/C31H39Cl2NO5S/c1-6-25(15-16-40(36,37)7-2)34-28(21-11-13-23(32)14-12-21)27(22-9-8-10-24(33)17-22)19-31(5,29(34)35)18-26-20-38-30(3,4)39-26/h8-17,25-28H,6-7,18-20H2,1-5H3/b16-15+/t25-,26?,27?,28?,31-/m0/s1. The summed E-state index contributed by atoms with van der Waals surface area (Å²) in [5.41, 5.74) is 1.14. The largest absolute Gasteiger partial charge is 0.348 e. The van der Waals surface area contributed by atoms with Crippen LogP contribution in [0.5, 0.6) is 0 Å². The second kappa shape index (κ2) is 12.1. The first-order valence-corrected chi connectivity index (χ1v) is 16.3. The minimum absolute atomic E-state index is 0.00779. The van der Waals surface area contributed by atoms with E-state index in [-0.39, 0.29) is 29.7 Å². The molecule has 40 heavy (non-hydrogen) atoms. The molecule has 3 unspecified atom stereocenters. The van der Waals surface area contributed by atoms with Gasteiger partial charge in [-0.1, -0.05) is 74.3 Å². The summed E-state index contributed by atoms with van der Waals surface area (Å²) < 4.78 is 36.9. The summed E-state index contributed by atoms with van der Waals surface area (Å²) in [5, 5.41) is 2.47. The maximum atomic E-state index is 14.7. The Bertz CT molecular complexity index is 1340. The van der Waals surface area contributed by atoms with Crippen LogP contribution in [0.25, 0.3) is 0 Å². The fraction of sp³-hybridized carbons (Fsp3) is 0.516. The van der Waals surface area contributed by atoms with Crippen LogP contribution in [0.4, 0.5) is 0 Å². The third-order valence-electron chi connectivity index (χ3n) is 8.02. The van der Waals surface area contributed by atoms with E-state index in [2.05, 4.69) is 0 Å². The quantitative estimate of drug-likeness (QED) is 0.298. The average Bonchev–Trinajstić information content (AvgIpc) is 3.24. The molecule has 4 rings (SSSR count). The number of rotatable bonds is 9. The normalized spacial score (nSPS) is 27.8. The first kappa shape index (κ1) is 31.0. The number of hydrogen-bond acceptors (Lipinski definition) is 5. The zero-order chi connectivity index (χ0) is 29.3. The summed E-state index contributed by atoms with van der Waals surface area (Å²) in [7, 11) is -3.39. The van der Waals surface area contributed by atoms with Crippen molar-refractivity contribution >= 4 is 38.9 Å². The SMILES string of the molecule is CC[C@@H](/C=C/S(=O)(=O)CC)N1C(=O)[C@@](C)(CC2COC(C)(C)O2)CC(c2cccc(Cl)c2)C1c1ccc(Cl)cc1. The third kappa shape index (κ3) is 6.93. The lowest BCUT2D eigenvalue weighted by atomic mass is 9.66. The molecular weight excluding hydrogens is 569 g/mol. The number of hydrogen-bond donors (Lipinski definition) is 0. The van der Waals surface area contributed by atoms with E-state index in [1.807, 2.05) is 81.1 Å². The highest BCUT2D eigenvalue weighted by atomic mass is 35.5. The van der Waals surface area contributed by atoms with Crippen LogP contribution in [0, 0.1) is 5.41 Å². The molecule has 2 aliphatic rings. The number of carbonyl (C=O) groups is 1. The van der Waals surface area contributed by atoms with Gasteiger partial charge in [0.25, 0.3) is 0 Å². The molecule has 0 saturated carbocycles. The zero-order valence-electron chi connectivity index (χ0n) is 23.8. The summed E-state index contributed by atoms with van der Waals surface area (Å²) in [6.45, 7) is 9.73. The van der Waals surface area contributed by atoms with Gasteiger partial charge in [-0.15, -0.1) is 0 Å². The van der Waals surface area contributed by atoms with Crippen molar-refractivity contribution in [3.05, 3.63) is 81.2 Å². The fourth-order valence-electron chi connectivity index (χ4n) is 6.03. The predicted octanol–water partition coefficient (Wildman–Crippen LogP) is 7.33. The van der Waals surface area contributed by atoms with Crippen molar-refractivity contribution in [2.75, 3.05) is 12.4 Å². The Labute approximate surface area is 248 Å². The Hall–Kier alpha value is -1.90. The van der Waals surface area contributed by atoms with Crippen molar-refractivity contribution in [3.63, 3.8) is 0 Å². The summed E-state index contributed by atoms with van der Waals surface area (Å²) in [5.74, 6) is -0.876. The van der Waals surface area contributed by atoms with Crippen LogP contribution in [0.15, 0.2) is 60.0 Å². The maximum Gasteiger partial charge on any atom is 0.229 e. The third-order valence-corrected chi connectivity index (χ3v) is 9.89. The van der Waals surface area contributed by atoms with Gasteiger partial charge in [-0.05, 0) is 68.5 Å². The highest BCUT2D eigenvalue weighted by molar-refractivity contribution is 7.94. The van der Waals surface area contributed by atoms with Crippen molar-refractivity contribution in [1.82, 2.24) is 4.90 Å². The summed E-state index contributed by atoms with van der Waals surface area (Å²) in [6, 6.07) is 14.5. The number of carbonyl (C=O) groups excluding carboxylic acids is 1. The second-order valence-electron chi connectivity index (χ2n) is 11.5. The molecule has 2 aromatic rings. The fourth-order valence-corrected chi connectivity index (χ4v) is 6.97.